The third-order valence-corrected chi connectivity index (χ3v) is 4.39. The first kappa shape index (κ1) is 17.4. The summed E-state index contributed by atoms with van der Waals surface area (Å²) in [5.74, 6) is 0.0133. The molecule has 0 heterocycles. The van der Waals surface area contributed by atoms with Crippen molar-refractivity contribution in [3.63, 3.8) is 0 Å². The second-order valence-corrected chi connectivity index (χ2v) is 6.82. The molecule has 0 bridgehead atoms. The molecule has 0 atom stereocenters. The Labute approximate surface area is 126 Å². The van der Waals surface area contributed by atoms with E-state index in [2.05, 4.69) is 11.9 Å². The van der Waals surface area contributed by atoms with E-state index in [0.717, 1.165) is 5.57 Å². The number of nitrogens with one attached hydrogen (secondary N) is 1. The molecule has 1 aromatic carbocycles. The van der Waals surface area contributed by atoms with Crippen molar-refractivity contribution in [3.8, 4) is 6.07 Å². The van der Waals surface area contributed by atoms with Gasteiger partial charge in [-0.1, -0.05) is 12.2 Å². The van der Waals surface area contributed by atoms with Gasteiger partial charge in [-0.2, -0.15) is 5.26 Å². The van der Waals surface area contributed by atoms with E-state index >= 15 is 0 Å². The van der Waals surface area contributed by atoms with Crippen LogP contribution in [0.4, 0.5) is 0 Å². The lowest BCUT2D eigenvalue weighted by Crippen LogP contribution is -2.26. The van der Waals surface area contributed by atoms with Crippen molar-refractivity contribution >= 4 is 9.84 Å². The molecule has 0 spiro atoms. The number of sulfone groups is 1. The molecule has 5 nitrogen and oxygen atoms in total. The maximum atomic E-state index is 12.0. The highest BCUT2D eigenvalue weighted by atomic mass is 32.2. The fourth-order valence-electron chi connectivity index (χ4n) is 1.58. The third kappa shape index (κ3) is 6.54. The lowest BCUT2D eigenvalue weighted by molar-refractivity contribution is 0.158. The molecule has 1 rings (SSSR count). The predicted molar refractivity (Wildman–Crippen MR) is 81.7 cm³/mol. The summed E-state index contributed by atoms with van der Waals surface area (Å²) in [6.45, 7) is 7.60. The summed E-state index contributed by atoms with van der Waals surface area (Å²) in [6.07, 6.45) is 0. The Morgan fingerprint density at radius 2 is 2.00 bits per heavy atom. The standard InChI is InChI=1S/C15H20N2O3S/c1-13(2)12-20-9-7-17-8-10-21(18,19)15-5-3-14(11-16)4-6-15/h3-6,17H,1,7-10,12H2,2H3. The molecule has 0 aliphatic heterocycles. The Kier molecular flexibility index (Phi) is 7.09. The van der Waals surface area contributed by atoms with Crippen LogP contribution in [-0.4, -0.2) is 40.5 Å². The zero-order chi connectivity index (χ0) is 15.7. The van der Waals surface area contributed by atoms with Crippen molar-refractivity contribution < 1.29 is 13.2 Å². The zero-order valence-electron chi connectivity index (χ0n) is 12.1. The molecule has 0 radical (unpaired) electrons. The summed E-state index contributed by atoms with van der Waals surface area (Å²) < 4.78 is 29.4. The van der Waals surface area contributed by atoms with Crippen molar-refractivity contribution in [2.75, 3.05) is 32.1 Å². The fraction of sp³-hybridized carbons (Fsp3) is 0.400. The van der Waals surface area contributed by atoms with Crippen molar-refractivity contribution in [2.24, 2.45) is 0 Å². The average Bonchev–Trinajstić information content (AvgIpc) is 2.46. The molecule has 114 valence electrons. The van der Waals surface area contributed by atoms with Gasteiger partial charge in [0.25, 0.3) is 0 Å². The van der Waals surface area contributed by atoms with E-state index in [0.29, 0.717) is 31.9 Å². The van der Waals surface area contributed by atoms with Crippen LogP contribution in [0.2, 0.25) is 0 Å². The molecule has 0 aromatic heterocycles. The molecule has 1 N–H and O–H groups in total. The van der Waals surface area contributed by atoms with Gasteiger partial charge in [0.15, 0.2) is 9.84 Å². The van der Waals surface area contributed by atoms with Crippen LogP contribution in [0.3, 0.4) is 0 Å². The molecule has 6 heteroatoms. The topological polar surface area (TPSA) is 79.2 Å². The first-order valence-electron chi connectivity index (χ1n) is 6.61. The van der Waals surface area contributed by atoms with E-state index in [1.807, 2.05) is 13.0 Å². The van der Waals surface area contributed by atoms with Gasteiger partial charge in [0, 0.05) is 13.1 Å². The minimum Gasteiger partial charge on any atom is -0.376 e. The Morgan fingerprint density at radius 3 is 2.57 bits per heavy atom. The highest BCUT2D eigenvalue weighted by molar-refractivity contribution is 7.91. The van der Waals surface area contributed by atoms with Gasteiger partial charge in [-0.15, -0.1) is 0 Å². The summed E-state index contributed by atoms with van der Waals surface area (Å²) in [4.78, 5) is 0.238. The summed E-state index contributed by atoms with van der Waals surface area (Å²) in [5, 5.41) is 11.7. The third-order valence-electron chi connectivity index (χ3n) is 2.66. The number of hydrogen-bond donors (Lipinski definition) is 1. The number of nitrogens with zero attached hydrogens (tertiary/aromatic N) is 1. The van der Waals surface area contributed by atoms with Gasteiger partial charge in [0.1, 0.15) is 0 Å². The number of ether oxygens (including phenoxy) is 1. The second-order valence-electron chi connectivity index (χ2n) is 4.71. The molecule has 0 aliphatic rings. The molecular formula is C15H20N2O3S. The van der Waals surface area contributed by atoms with E-state index in [1.165, 1.54) is 24.3 Å². The summed E-state index contributed by atoms with van der Waals surface area (Å²) in [5.41, 5.74) is 1.40. The van der Waals surface area contributed by atoms with Gasteiger partial charge in [0.2, 0.25) is 0 Å². The van der Waals surface area contributed by atoms with Gasteiger partial charge in [0.05, 0.1) is 35.5 Å². The second kappa shape index (κ2) is 8.57. The maximum Gasteiger partial charge on any atom is 0.179 e. The highest BCUT2D eigenvalue weighted by Crippen LogP contribution is 2.11. The first-order valence-corrected chi connectivity index (χ1v) is 8.26. The van der Waals surface area contributed by atoms with Crippen LogP contribution in [0, 0.1) is 11.3 Å². The lowest BCUT2D eigenvalue weighted by atomic mass is 10.2. The zero-order valence-corrected chi connectivity index (χ0v) is 12.9. The number of benzene rings is 1. The Balaban J connectivity index is 2.33. The lowest BCUT2D eigenvalue weighted by Gasteiger charge is -2.07. The number of hydrogen-bond acceptors (Lipinski definition) is 5. The quantitative estimate of drug-likeness (QED) is 0.552. The smallest absolute Gasteiger partial charge is 0.179 e. The number of nitriles is 1. The molecule has 0 amide bonds. The Morgan fingerprint density at radius 1 is 1.33 bits per heavy atom. The minimum absolute atomic E-state index is 0.0133. The number of rotatable bonds is 9. The van der Waals surface area contributed by atoms with Crippen LogP contribution in [-0.2, 0) is 14.6 Å². The van der Waals surface area contributed by atoms with E-state index in [4.69, 9.17) is 10.00 Å². The Bertz CT molecular complexity index is 601. The molecule has 21 heavy (non-hydrogen) atoms. The maximum absolute atomic E-state index is 12.0. The van der Waals surface area contributed by atoms with Crippen molar-refractivity contribution in [1.29, 1.82) is 5.26 Å². The SMILES string of the molecule is C=C(C)COCCNCCS(=O)(=O)c1ccc(C#N)cc1. The van der Waals surface area contributed by atoms with Gasteiger partial charge in [-0.25, -0.2) is 8.42 Å². The highest BCUT2D eigenvalue weighted by Gasteiger charge is 2.13. The van der Waals surface area contributed by atoms with Gasteiger partial charge < -0.3 is 10.1 Å². The predicted octanol–water partition coefficient (Wildman–Crippen LogP) is 1.51. The molecule has 1 aromatic rings. The van der Waals surface area contributed by atoms with Gasteiger partial charge >= 0.3 is 0 Å². The summed E-state index contributed by atoms with van der Waals surface area (Å²) >= 11 is 0. The summed E-state index contributed by atoms with van der Waals surface area (Å²) in [7, 11) is -3.32. The largest absolute Gasteiger partial charge is 0.376 e. The van der Waals surface area contributed by atoms with E-state index in [9.17, 15) is 8.42 Å². The van der Waals surface area contributed by atoms with Crippen molar-refractivity contribution in [1.82, 2.24) is 5.32 Å². The van der Waals surface area contributed by atoms with Crippen LogP contribution < -0.4 is 5.32 Å². The monoisotopic (exact) mass is 308 g/mol. The van der Waals surface area contributed by atoms with Crippen molar-refractivity contribution in [2.45, 2.75) is 11.8 Å². The summed E-state index contributed by atoms with van der Waals surface area (Å²) in [6, 6.07) is 7.89. The van der Waals surface area contributed by atoms with Gasteiger partial charge in [-0.05, 0) is 31.2 Å². The molecule has 0 aliphatic carbocycles. The fourth-order valence-corrected chi connectivity index (χ4v) is 2.78. The van der Waals surface area contributed by atoms with Crippen LogP contribution in [0.15, 0.2) is 41.3 Å². The van der Waals surface area contributed by atoms with E-state index in [-0.39, 0.29) is 10.6 Å². The average molecular weight is 308 g/mol. The Hall–Kier alpha value is -1.68. The van der Waals surface area contributed by atoms with Gasteiger partial charge in [-0.3, -0.25) is 0 Å². The van der Waals surface area contributed by atoms with E-state index < -0.39 is 9.84 Å². The molecular weight excluding hydrogens is 288 g/mol. The van der Waals surface area contributed by atoms with Crippen LogP contribution in [0.1, 0.15) is 12.5 Å². The van der Waals surface area contributed by atoms with Crippen LogP contribution in [0.5, 0.6) is 0 Å². The molecule has 0 saturated carbocycles. The van der Waals surface area contributed by atoms with E-state index in [1.54, 1.807) is 0 Å². The first-order chi connectivity index (χ1) is 9.95. The van der Waals surface area contributed by atoms with Crippen molar-refractivity contribution in [3.05, 3.63) is 42.0 Å². The normalized spacial score (nSPS) is 11.0. The van der Waals surface area contributed by atoms with Crippen LogP contribution >= 0.6 is 0 Å². The minimum atomic E-state index is -3.32. The molecule has 0 saturated heterocycles. The molecule has 0 unspecified atom stereocenters. The van der Waals surface area contributed by atoms with Crippen LogP contribution in [0.25, 0.3) is 0 Å². The molecule has 0 fully saturated rings.